The van der Waals surface area contributed by atoms with Crippen LogP contribution in [0.15, 0.2) is 84.2 Å². The summed E-state index contributed by atoms with van der Waals surface area (Å²) in [5, 5.41) is 6.78. The van der Waals surface area contributed by atoms with E-state index in [1.165, 1.54) is 29.5 Å². The number of urea groups is 1. The maximum Gasteiger partial charge on any atom is 0.418 e. The number of aromatic nitrogens is 1. The van der Waals surface area contributed by atoms with Crippen LogP contribution in [0.1, 0.15) is 5.56 Å². The average molecular weight is 439 g/mol. The Morgan fingerprint density at radius 3 is 2.10 bits per heavy atom. The summed E-state index contributed by atoms with van der Waals surface area (Å²) in [5.41, 5.74) is 2.47. The minimum Gasteiger partial charge on any atom is -0.307 e. The van der Waals surface area contributed by atoms with Crippen LogP contribution in [-0.2, 0) is 6.18 Å². The van der Waals surface area contributed by atoms with Crippen LogP contribution in [0.5, 0.6) is 0 Å². The molecule has 2 N–H and O–H groups in total. The van der Waals surface area contributed by atoms with Crippen molar-refractivity contribution < 1.29 is 18.0 Å². The summed E-state index contributed by atoms with van der Waals surface area (Å²) in [6, 6.07) is 21.8. The Kier molecular flexibility index (Phi) is 5.73. The molecule has 31 heavy (non-hydrogen) atoms. The van der Waals surface area contributed by atoms with E-state index in [0.29, 0.717) is 5.69 Å². The summed E-state index contributed by atoms with van der Waals surface area (Å²) >= 11 is 1.19. The molecule has 0 aliphatic heterocycles. The molecule has 0 unspecified atom stereocenters. The summed E-state index contributed by atoms with van der Waals surface area (Å²) < 4.78 is 39.2. The van der Waals surface area contributed by atoms with Crippen LogP contribution < -0.4 is 10.6 Å². The normalized spacial score (nSPS) is 11.2. The van der Waals surface area contributed by atoms with Crippen LogP contribution in [0.4, 0.5) is 28.8 Å². The lowest BCUT2D eigenvalue weighted by atomic mass is 10.0. The zero-order chi connectivity index (χ0) is 21.8. The van der Waals surface area contributed by atoms with Gasteiger partial charge in [0.25, 0.3) is 0 Å². The van der Waals surface area contributed by atoms with Gasteiger partial charge in [0.15, 0.2) is 5.13 Å². The minimum atomic E-state index is -4.57. The number of hydrogen-bond donors (Lipinski definition) is 2. The average Bonchev–Trinajstić information content (AvgIpc) is 3.22. The van der Waals surface area contributed by atoms with Gasteiger partial charge in [0, 0.05) is 10.9 Å². The molecule has 0 fully saturated rings. The van der Waals surface area contributed by atoms with Gasteiger partial charge in [0.2, 0.25) is 0 Å². The molecule has 0 saturated heterocycles. The van der Waals surface area contributed by atoms with Gasteiger partial charge in [-0.05, 0) is 23.3 Å². The fraction of sp³-hybridized carbons (Fsp3) is 0.0435. The van der Waals surface area contributed by atoms with E-state index in [1.807, 2.05) is 54.6 Å². The second-order valence-electron chi connectivity index (χ2n) is 6.60. The largest absolute Gasteiger partial charge is 0.418 e. The lowest BCUT2D eigenvalue weighted by Crippen LogP contribution is -2.21. The zero-order valence-corrected chi connectivity index (χ0v) is 16.8. The first-order chi connectivity index (χ1) is 14.9. The highest BCUT2D eigenvalue weighted by Crippen LogP contribution is 2.34. The number of nitrogens with one attached hydrogen (secondary N) is 2. The summed E-state index contributed by atoms with van der Waals surface area (Å²) in [6.45, 7) is 0. The molecule has 3 aromatic carbocycles. The van der Waals surface area contributed by atoms with Crippen molar-refractivity contribution in [3.63, 3.8) is 0 Å². The van der Waals surface area contributed by atoms with Crippen molar-refractivity contribution in [3.05, 3.63) is 89.8 Å². The van der Waals surface area contributed by atoms with Gasteiger partial charge in [0.05, 0.1) is 16.9 Å². The summed E-state index contributed by atoms with van der Waals surface area (Å²) in [4.78, 5) is 16.5. The SMILES string of the molecule is O=C(Nc1nc(-c2ccc(-c3ccccc3)cc2)cs1)Nc1ccccc1C(F)(F)F. The number of nitrogens with zero attached hydrogens (tertiary/aromatic N) is 1. The number of anilines is 2. The first-order valence-electron chi connectivity index (χ1n) is 9.26. The monoisotopic (exact) mass is 439 g/mol. The van der Waals surface area contributed by atoms with Crippen LogP contribution in [0.2, 0.25) is 0 Å². The predicted molar refractivity (Wildman–Crippen MR) is 117 cm³/mol. The Labute approximate surface area is 180 Å². The number of hydrogen-bond acceptors (Lipinski definition) is 3. The highest BCUT2D eigenvalue weighted by molar-refractivity contribution is 7.14. The maximum absolute atomic E-state index is 13.1. The van der Waals surface area contributed by atoms with E-state index in [0.717, 1.165) is 22.8 Å². The van der Waals surface area contributed by atoms with Gasteiger partial charge >= 0.3 is 12.2 Å². The van der Waals surface area contributed by atoms with Crippen molar-refractivity contribution in [2.24, 2.45) is 0 Å². The fourth-order valence-electron chi connectivity index (χ4n) is 3.02. The van der Waals surface area contributed by atoms with Gasteiger partial charge in [0.1, 0.15) is 0 Å². The number of rotatable bonds is 4. The molecule has 0 atom stereocenters. The molecule has 0 spiro atoms. The Hall–Kier alpha value is -3.65. The number of carbonyl (C=O) groups excluding carboxylic acids is 1. The van der Waals surface area contributed by atoms with Crippen LogP contribution in [0, 0.1) is 0 Å². The maximum atomic E-state index is 13.1. The number of carbonyl (C=O) groups is 1. The third-order valence-electron chi connectivity index (χ3n) is 4.49. The molecule has 1 aromatic heterocycles. The molecule has 0 bridgehead atoms. The first kappa shape index (κ1) is 20.6. The van der Waals surface area contributed by atoms with Gasteiger partial charge in [-0.15, -0.1) is 11.3 Å². The molecular formula is C23H16F3N3OS. The van der Waals surface area contributed by atoms with E-state index >= 15 is 0 Å². The molecule has 2 amide bonds. The van der Waals surface area contributed by atoms with Crippen LogP contribution in [0.25, 0.3) is 22.4 Å². The van der Waals surface area contributed by atoms with Gasteiger partial charge in [-0.25, -0.2) is 9.78 Å². The molecule has 8 heteroatoms. The predicted octanol–water partition coefficient (Wildman–Crippen LogP) is 7.14. The van der Waals surface area contributed by atoms with E-state index < -0.39 is 17.8 Å². The topological polar surface area (TPSA) is 54.0 Å². The second-order valence-corrected chi connectivity index (χ2v) is 7.46. The first-order valence-corrected chi connectivity index (χ1v) is 10.1. The van der Waals surface area contributed by atoms with Crippen molar-refractivity contribution in [2.75, 3.05) is 10.6 Å². The van der Waals surface area contributed by atoms with E-state index in [-0.39, 0.29) is 10.8 Å². The highest BCUT2D eigenvalue weighted by atomic mass is 32.1. The molecule has 1 heterocycles. The Morgan fingerprint density at radius 2 is 1.39 bits per heavy atom. The minimum absolute atomic E-state index is 0.282. The summed E-state index contributed by atoms with van der Waals surface area (Å²) in [6.07, 6.45) is -4.57. The van der Waals surface area contributed by atoms with Crippen LogP contribution in [0.3, 0.4) is 0 Å². The Balaban J connectivity index is 1.44. The zero-order valence-electron chi connectivity index (χ0n) is 16.0. The van der Waals surface area contributed by atoms with E-state index in [4.69, 9.17) is 0 Å². The van der Waals surface area contributed by atoms with E-state index in [9.17, 15) is 18.0 Å². The third-order valence-corrected chi connectivity index (χ3v) is 5.25. The van der Waals surface area contributed by atoms with Crippen molar-refractivity contribution in [3.8, 4) is 22.4 Å². The number of thiazole rings is 1. The molecular weight excluding hydrogens is 423 g/mol. The molecule has 0 radical (unpaired) electrons. The molecule has 4 aromatic rings. The Morgan fingerprint density at radius 1 is 0.774 bits per heavy atom. The van der Waals surface area contributed by atoms with Crippen molar-refractivity contribution in [1.82, 2.24) is 4.98 Å². The number of amides is 2. The van der Waals surface area contributed by atoms with Gasteiger partial charge in [-0.1, -0.05) is 66.7 Å². The van der Waals surface area contributed by atoms with Crippen molar-refractivity contribution in [1.29, 1.82) is 0 Å². The second kappa shape index (κ2) is 8.61. The van der Waals surface area contributed by atoms with E-state index in [2.05, 4.69) is 15.6 Å². The van der Waals surface area contributed by atoms with Crippen molar-refractivity contribution in [2.45, 2.75) is 6.18 Å². The molecule has 0 saturated carbocycles. The lowest BCUT2D eigenvalue weighted by Gasteiger charge is -2.13. The van der Waals surface area contributed by atoms with Gasteiger partial charge in [-0.3, -0.25) is 5.32 Å². The molecule has 156 valence electrons. The molecule has 4 rings (SSSR count). The Bertz CT molecular complexity index is 1190. The number of alkyl halides is 3. The molecule has 0 aliphatic rings. The van der Waals surface area contributed by atoms with Gasteiger partial charge < -0.3 is 5.32 Å². The van der Waals surface area contributed by atoms with Crippen LogP contribution >= 0.6 is 11.3 Å². The number of halogens is 3. The van der Waals surface area contributed by atoms with Crippen LogP contribution in [-0.4, -0.2) is 11.0 Å². The van der Waals surface area contributed by atoms with E-state index in [1.54, 1.807) is 5.38 Å². The highest BCUT2D eigenvalue weighted by Gasteiger charge is 2.33. The number of benzene rings is 3. The summed E-state index contributed by atoms with van der Waals surface area (Å²) in [7, 11) is 0. The fourth-order valence-corrected chi connectivity index (χ4v) is 3.73. The standard InChI is InChI=1S/C23H16F3N3OS/c24-23(25,26)18-8-4-5-9-19(18)27-21(30)29-22-28-20(14-31-22)17-12-10-16(11-13-17)15-6-2-1-3-7-15/h1-14H,(H2,27,28,29,30). The molecule has 4 nitrogen and oxygen atoms in total. The summed E-state index contributed by atoms with van der Waals surface area (Å²) in [5.74, 6) is 0. The number of para-hydroxylation sites is 1. The van der Waals surface area contributed by atoms with Gasteiger partial charge in [-0.2, -0.15) is 13.2 Å². The molecule has 0 aliphatic carbocycles. The smallest absolute Gasteiger partial charge is 0.307 e. The van der Waals surface area contributed by atoms with Crippen molar-refractivity contribution >= 4 is 28.2 Å². The lowest BCUT2D eigenvalue weighted by molar-refractivity contribution is -0.136. The quantitative estimate of drug-likeness (QED) is 0.355. The third kappa shape index (κ3) is 4.92.